The number of guanidine groups is 1. The Morgan fingerprint density at radius 1 is 1.00 bits per heavy atom. The second-order valence-corrected chi connectivity index (χ2v) is 7.09. The Bertz CT molecular complexity index is 1020. The minimum absolute atomic E-state index is 0.00643. The number of hydrogen-bond acceptors (Lipinski definition) is 3. The van der Waals surface area contributed by atoms with Gasteiger partial charge in [0.2, 0.25) is 0 Å². The zero-order valence-corrected chi connectivity index (χ0v) is 17.7. The highest BCUT2D eigenvalue weighted by Crippen LogP contribution is 2.13. The molecule has 0 radical (unpaired) electrons. The van der Waals surface area contributed by atoms with E-state index in [1.165, 1.54) is 5.56 Å². The first-order chi connectivity index (χ1) is 14.6. The van der Waals surface area contributed by atoms with Gasteiger partial charge in [-0.1, -0.05) is 42.5 Å². The van der Waals surface area contributed by atoms with E-state index in [0.29, 0.717) is 13.1 Å². The molecule has 1 N–H and O–H groups in total. The summed E-state index contributed by atoms with van der Waals surface area (Å²) in [6.07, 6.45) is 1.81. The summed E-state index contributed by atoms with van der Waals surface area (Å²) in [7, 11) is 5.47. The monoisotopic (exact) mass is 404 g/mol. The lowest BCUT2D eigenvalue weighted by Gasteiger charge is -2.22. The van der Waals surface area contributed by atoms with Gasteiger partial charge in [-0.25, -0.2) is 0 Å². The first-order valence-electron chi connectivity index (χ1n) is 9.87. The predicted molar refractivity (Wildman–Crippen MR) is 121 cm³/mol. The second kappa shape index (κ2) is 10.3. The molecular weight excluding hydrogens is 376 g/mol. The summed E-state index contributed by atoms with van der Waals surface area (Å²) >= 11 is 0. The van der Waals surface area contributed by atoms with Crippen LogP contribution in [0.4, 0.5) is 0 Å². The van der Waals surface area contributed by atoms with Crippen molar-refractivity contribution in [2.45, 2.75) is 19.6 Å². The number of hydrogen-bond donors (Lipinski definition) is 1. The standard InChI is InChI=1S/C24H28N4O2/c1-25-24(27(2)17-20-11-13-22(30-3)14-12-20)26-16-19-7-9-21(10-8-19)18-28-15-5-4-6-23(28)29/h4-15H,16-18H2,1-3H3,(H,25,26). The fraction of sp³-hybridized carbons (Fsp3) is 0.250. The molecule has 6 heteroatoms. The highest BCUT2D eigenvalue weighted by atomic mass is 16.5. The highest BCUT2D eigenvalue weighted by Gasteiger charge is 2.07. The van der Waals surface area contributed by atoms with E-state index >= 15 is 0 Å². The van der Waals surface area contributed by atoms with E-state index in [9.17, 15) is 4.79 Å². The van der Waals surface area contributed by atoms with Crippen LogP contribution in [-0.2, 0) is 19.6 Å². The van der Waals surface area contributed by atoms with Gasteiger partial charge in [0.15, 0.2) is 5.96 Å². The van der Waals surface area contributed by atoms with Gasteiger partial charge in [-0.05, 0) is 34.9 Å². The van der Waals surface area contributed by atoms with Crippen molar-refractivity contribution in [3.63, 3.8) is 0 Å². The zero-order chi connectivity index (χ0) is 21.3. The second-order valence-electron chi connectivity index (χ2n) is 7.09. The van der Waals surface area contributed by atoms with Crippen LogP contribution in [0.1, 0.15) is 16.7 Å². The zero-order valence-electron chi connectivity index (χ0n) is 17.7. The molecule has 0 fully saturated rings. The fourth-order valence-corrected chi connectivity index (χ4v) is 3.20. The van der Waals surface area contributed by atoms with E-state index in [-0.39, 0.29) is 5.56 Å². The molecule has 0 aliphatic rings. The maximum absolute atomic E-state index is 11.9. The number of nitrogens with zero attached hydrogens (tertiary/aromatic N) is 3. The number of aliphatic imine (C=N–C) groups is 1. The molecule has 0 aliphatic heterocycles. The van der Waals surface area contributed by atoms with Gasteiger partial charge in [0, 0.05) is 39.4 Å². The number of pyridine rings is 1. The van der Waals surface area contributed by atoms with Crippen molar-refractivity contribution in [3.8, 4) is 5.75 Å². The highest BCUT2D eigenvalue weighted by molar-refractivity contribution is 5.79. The minimum Gasteiger partial charge on any atom is -0.497 e. The maximum atomic E-state index is 11.9. The van der Waals surface area contributed by atoms with Crippen LogP contribution >= 0.6 is 0 Å². The van der Waals surface area contributed by atoms with Gasteiger partial charge in [-0.15, -0.1) is 0 Å². The van der Waals surface area contributed by atoms with Gasteiger partial charge < -0.3 is 19.5 Å². The van der Waals surface area contributed by atoms with E-state index in [1.54, 1.807) is 37.1 Å². The van der Waals surface area contributed by atoms with Crippen LogP contribution < -0.4 is 15.6 Å². The van der Waals surface area contributed by atoms with E-state index in [1.807, 2.05) is 25.2 Å². The number of ether oxygens (including phenoxy) is 1. The quantitative estimate of drug-likeness (QED) is 0.486. The summed E-state index contributed by atoms with van der Waals surface area (Å²) in [4.78, 5) is 18.3. The molecule has 0 unspecified atom stereocenters. The SMILES string of the molecule is CN=C(NCc1ccc(Cn2ccccc2=O)cc1)N(C)Cc1ccc(OC)cc1. The number of benzene rings is 2. The molecule has 0 spiro atoms. The van der Waals surface area contributed by atoms with Crippen molar-refractivity contribution < 1.29 is 4.74 Å². The van der Waals surface area contributed by atoms with Crippen molar-refractivity contribution in [2.75, 3.05) is 21.2 Å². The molecule has 3 rings (SSSR count). The van der Waals surface area contributed by atoms with E-state index in [2.05, 4.69) is 51.6 Å². The smallest absolute Gasteiger partial charge is 0.250 e. The van der Waals surface area contributed by atoms with Crippen LogP contribution in [0.5, 0.6) is 5.75 Å². The van der Waals surface area contributed by atoms with Crippen LogP contribution in [0.25, 0.3) is 0 Å². The van der Waals surface area contributed by atoms with E-state index in [4.69, 9.17) is 4.74 Å². The molecule has 30 heavy (non-hydrogen) atoms. The first kappa shape index (κ1) is 21.2. The average molecular weight is 405 g/mol. The third-order valence-corrected chi connectivity index (χ3v) is 4.88. The van der Waals surface area contributed by atoms with Crippen LogP contribution in [0.2, 0.25) is 0 Å². The molecule has 0 amide bonds. The predicted octanol–water partition coefficient (Wildman–Crippen LogP) is 3.11. The molecule has 3 aromatic rings. The van der Waals surface area contributed by atoms with Crippen molar-refractivity contribution in [3.05, 3.63) is 100.0 Å². The Labute approximate surface area is 177 Å². The van der Waals surface area contributed by atoms with Crippen LogP contribution in [0.3, 0.4) is 0 Å². The number of methoxy groups -OCH3 is 1. The van der Waals surface area contributed by atoms with Gasteiger partial charge in [0.05, 0.1) is 13.7 Å². The van der Waals surface area contributed by atoms with Crippen molar-refractivity contribution >= 4 is 5.96 Å². The molecule has 2 aromatic carbocycles. The molecule has 0 bridgehead atoms. The lowest BCUT2D eigenvalue weighted by molar-refractivity contribution is 0.414. The summed E-state index contributed by atoms with van der Waals surface area (Å²) < 4.78 is 6.91. The number of aromatic nitrogens is 1. The van der Waals surface area contributed by atoms with Crippen LogP contribution in [0, 0.1) is 0 Å². The van der Waals surface area contributed by atoms with E-state index < -0.39 is 0 Å². The Morgan fingerprint density at radius 2 is 1.67 bits per heavy atom. The molecule has 156 valence electrons. The molecular formula is C24H28N4O2. The lowest BCUT2D eigenvalue weighted by atomic mass is 10.1. The molecule has 0 atom stereocenters. The number of nitrogens with one attached hydrogen (secondary N) is 1. The van der Waals surface area contributed by atoms with Gasteiger partial charge in [-0.3, -0.25) is 9.79 Å². The Hall–Kier alpha value is -3.54. The van der Waals surface area contributed by atoms with Gasteiger partial charge >= 0.3 is 0 Å². The Kier molecular flexibility index (Phi) is 7.27. The lowest BCUT2D eigenvalue weighted by Crippen LogP contribution is -2.38. The van der Waals surface area contributed by atoms with Crippen LogP contribution in [0.15, 0.2) is 82.7 Å². The van der Waals surface area contributed by atoms with Crippen molar-refractivity contribution in [2.24, 2.45) is 4.99 Å². The van der Waals surface area contributed by atoms with E-state index in [0.717, 1.165) is 29.4 Å². The summed E-state index contributed by atoms with van der Waals surface area (Å²) in [5, 5.41) is 3.40. The average Bonchev–Trinajstić information content (AvgIpc) is 2.77. The maximum Gasteiger partial charge on any atom is 0.250 e. The molecule has 1 aromatic heterocycles. The molecule has 6 nitrogen and oxygen atoms in total. The molecule has 1 heterocycles. The summed E-state index contributed by atoms with van der Waals surface area (Å²) in [6.45, 7) is 1.99. The van der Waals surface area contributed by atoms with Gasteiger partial charge in [-0.2, -0.15) is 0 Å². The largest absolute Gasteiger partial charge is 0.497 e. The third-order valence-electron chi connectivity index (χ3n) is 4.88. The fourth-order valence-electron chi connectivity index (χ4n) is 3.20. The Balaban J connectivity index is 1.55. The van der Waals surface area contributed by atoms with Crippen molar-refractivity contribution in [1.29, 1.82) is 0 Å². The van der Waals surface area contributed by atoms with Gasteiger partial charge in [0.1, 0.15) is 5.75 Å². The number of rotatable bonds is 7. The Morgan fingerprint density at radius 3 is 2.30 bits per heavy atom. The third kappa shape index (κ3) is 5.73. The van der Waals surface area contributed by atoms with Crippen molar-refractivity contribution in [1.82, 2.24) is 14.8 Å². The summed E-state index contributed by atoms with van der Waals surface area (Å²) in [5.41, 5.74) is 3.43. The minimum atomic E-state index is 0.00643. The molecule has 0 saturated carbocycles. The molecule has 0 saturated heterocycles. The summed E-state index contributed by atoms with van der Waals surface area (Å²) in [6, 6.07) is 21.5. The van der Waals surface area contributed by atoms with Gasteiger partial charge in [0.25, 0.3) is 5.56 Å². The summed E-state index contributed by atoms with van der Waals surface area (Å²) in [5.74, 6) is 1.68. The molecule has 0 aliphatic carbocycles. The van der Waals surface area contributed by atoms with Crippen LogP contribution in [-0.4, -0.2) is 36.6 Å². The first-order valence-corrected chi connectivity index (χ1v) is 9.87. The normalized spacial score (nSPS) is 11.2. The topological polar surface area (TPSA) is 58.9 Å².